The number of phosphoric acid groups is 1. The van der Waals surface area contributed by atoms with E-state index in [-0.39, 0.29) is 23.4 Å². The number of nitrogens with two attached hydrogens (primary N) is 1. The number of aliphatic hydroxyl groups is 2. The van der Waals surface area contributed by atoms with E-state index in [0.29, 0.717) is 0 Å². The van der Waals surface area contributed by atoms with E-state index in [1.165, 1.54) is 24.1 Å². The average molecular weight is 442 g/mol. The molecule has 1 unspecified atom stereocenters. The fourth-order valence-electron chi connectivity index (χ4n) is 2.80. The van der Waals surface area contributed by atoms with E-state index in [4.69, 9.17) is 21.6 Å². The van der Waals surface area contributed by atoms with E-state index in [9.17, 15) is 24.5 Å². The van der Waals surface area contributed by atoms with Gasteiger partial charge in [-0.3, -0.25) is 18.8 Å². The Morgan fingerprint density at radius 1 is 1.43 bits per heavy atom. The van der Waals surface area contributed by atoms with Crippen LogP contribution < -0.4 is 5.73 Å². The fraction of sp³-hybridized carbons (Fsp3) is 0.533. The molecule has 3 heterocycles. The number of phosphoric ester groups is 1. The van der Waals surface area contributed by atoms with Crippen molar-refractivity contribution in [1.82, 2.24) is 19.5 Å². The Hall–Kier alpha value is -2.66. The molecule has 1 aliphatic heterocycles. The minimum atomic E-state index is -4.82. The van der Waals surface area contributed by atoms with Crippen molar-refractivity contribution in [2.75, 3.05) is 12.3 Å². The molecule has 2 aromatic heterocycles. The third-order valence-electron chi connectivity index (χ3n) is 4.30. The molecule has 0 amide bonds. The number of ether oxygens (including phenoxy) is 1. The van der Waals surface area contributed by atoms with Crippen LogP contribution in [0.1, 0.15) is 19.6 Å². The summed E-state index contributed by atoms with van der Waals surface area (Å²) in [6.07, 6.45) is -3.23. The van der Waals surface area contributed by atoms with Gasteiger partial charge in [-0.15, -0.1) is 0 Å². The third kappa shape index (κ3) is 4.57. The van der Waals surface area contributed by atoms with Crippen molar-refractivity contribution in [2.24, 2.45) is 0 Å². The summed E-state index contributed by atoms with van der Waals surface area (Å²) in [7, 11) is -4.82. The molecule has 5 N–H and O–H groups in total. The van der Waals surface area contributed by atoms with Crippen LogP contribution in [0.15, 0.2) is 12.7 Å². The SMILES string of the molecule is [C-]#[N+][C@H](C)CC(=O)OP(=O)(O)OC[C@H]1O[C@@H](n2cnc3c(N)ncnc32)[C@H](O)[C@@H]1O. The molecule has 1 fully saturated rings. The molecule has 15 heteroatoms. The van der Waals surface area contributed by atoms with Crippen LogP contribution in [0, 0.1) is 6.57 Å². The summed E-state index contributed by atoms with van der Waals surface area (Å²) in [5, 5.41) is 20.6. The van der Waals surface area contributed by atoms with Crippen molar-refractivity contribution >= 4 is 30.8 Å². The highest BCUT2D eigenvalue weighted by Gasteiger charge is 2.45. The number of hydrogen-bond acceptors (Lipinski definition) is 11. The Bertz CT molecular complexity index is 1020. The highest BCUT2D eigenvalue weighted by molar-refractivity contribution is 7.48. The van der Waals surface area contributed by atoms with Crippen LogP contribution in [-0.2, 0) is 23.1 Å². The van der Waals surface area contributed by atoms with E-state index >= 15 is 0 Å². The van der Waals surface area contributed by atoms with Gasteiger partial charge in [-0.25, -0.2) is 26.1 Å². The average Bonchev–Trinajstić information content (AvgIpc) is 3.22. The summed E-state index contributed by atoms with van der Waals surface area (Å²) in [6, 6.07) is -0.726. The zero-order valence-electron chi connectivity index (χ0n) is 15.6. The van der Waals surface area contributed by atoms with Gasteiger partial charge in [-0.05, 0) is 0 Å². The number of hydrogen-bond donors (Lipinski definition) is 4. The van der Waals surface area contributed by atoms with Gasteiger partial charge in [0.2, 0.25) is 6.04 Å². The minimum Gasteiger partial charge on any atom is -0.387 e. The van der Waals surface area contributed by atoms with Crippen molar-refractivity contribution in [3.8, 4) is 0 Å². The summed E-state index contributed by atoms with van der Waals surface area (Å²) in [5.41, 5.74) is 6.23. The summed E-state index contributed by atoms with van der Waals surface area (Å²) in [5.74, 6) is -0.973. The number of nitrogen functional groups attached to an aromatic ring is 1. The molecule has 1 aliphatic rings. The van der Waals surface area contributed by atoms with Gasteiger partial charge in [-0.1, -0.05) is 0 Å². The third-order valence-corrected chi connectivity index (χ3v) is 5.21. The number of rotatable bonds is 7. The first-order valence-electron chi connectivity index (χ1n) is 8.64. The predicted octanol–water partition coefficient (Wildman–Crippen LogP) is -0.614. The Labute approximate surface area is 169 Å². The lowest BCUT2D eigenvalue weighted by Gasteiger charge is -2.17. The molecule has 30 heavy (non-hydrogen) atoms. The van der Waals surface area contributed by atoms with Crippen molar-refractivity contribution < 1.29 is 38.3 Å². The van der Waals surface area contributed by atoms with Crippen LogP contribution in [0.2, 0.25) is 0 Å². The summed E-state index contributed by atoms with van der Waals surface area (Å²) in [4.78, 5) is 36.2. The van der Waals surface area contributed by atoms with Gasteiger partial charge in [0.05, 0.1) is 12.9 Å². The van der Waals surface area contributed by atoms with Gasteiger partial charge >= 0.3 is 13.8 Å². The molecule has 0 saturated carbocycles. The first-order chi connectivity index (χ1) is 14.1. The lowest BCUT2D eigenvalue weighted by molar-refractivity contribution is -0.136. The Morgan fingerprint density at radius 3 is 2.87 bits per heavy atom. The van der Waals surface area contributed by atoms with Gasteiger partial charge in [0.1, 0.15) is 36.6 Å². The smallest absolute Gasteiger partial charge is 0.387 e. The number of nitrogens with zero attached hydrogens (tertiary/aromatic N) is 5. The first kappa shape index (κ1) is 22.0. The van der Waals surface area contributed by atoms with E-state index in [2.05, 4.69) is 24.3 Å². The van der Waals surface area contributed by atoms with Crippen molar-refractivity contribution in [2.45, 2.75) is 43.9 Å². The number of carbonyl (C=O) groups is 1. The van der Waals surface area contributed by atoms with Gasteiger partial charge in [0.15, 0.2) is 17.7 Å². The van der Waals surface area contributed by atoms with Crippen LogP contribution in [0.4, 0.5) is 5.82 Å². The molecule has 0 aliphatic carbocycles. The Kier molecular flexibility index (Phi) is 6.32. The molecule has 14 nitrogen and oxygen atoms in total. The van der Waals surface area contributed by atoms with Crippen LogP contribution >= 0.6 is 7.82 Å². The van der Waals surface area contributed by atoms with Crippen molar-refractivity contribution in [1.29, 1.82) is 0 Å². The maximum absolute atomic E-state index is 11.9. The largest absolute Gasteiger partial charge is 0.529 e. The Morgan fingerprint density at radius 2 is 2.17 bits per heavy atom. The van der Waals surface area contributed by atoms with Crippen molar-refractivity contribution in [3.63, 3.8) is 0 Å². The second-order valence-corrected chi connectivity index (χ2v) is 7.92. The topological polar surface area (TPSA) is 196 Å². The molecule has 162 valence electrons. The number of aromatic nitrogens is 4. The summed E-state index contributed by atoms with van der Waals surface area (Å²) >= 11 is 0. The van der Waals surface area contributed by atoms with Crippen LogP contribution in [0.3, 0.4) is 0 Å². The quantitative estimate of drug-likeness (QED) is 0.314. The number of aliphatic hydroxyl groups excluding tert-OH is 2. The molecular weight excluding hydrogens is 423 g/mol. The normalized spacial score (nSPS) is 26.8. The lowest BCUT2D eigenvalue weighted by atomic mass is 10.1. The monoisotopic (exact) mass is 442 g/mol. The first-order valence-corrected chi connectivity index (χ1v) is 10.1. The number of fused-ring (bicyclic) bond motifs is 1. The molecule has 6 atom stereocenters. The van der Waals surface area contributed by atoms with Crippen molar-refractivity contribution in [3.05, 3.63) is 24.1 Å². The zero-order valence-corrected chi connectivity index (χ0v) is 16.5. The van der Waals surface area contributed by atoms with E-state index in [0.717, 1.165) is 0 Å². The highest BCUT2D eigenvalue weighted by atomic mass is 31.2. The molecule has 2 aromatic rings. The molecule has 1 saturated heterocycles. The van der Waals surface area contributed by atoms with E-state index in [1.807, 2.05) is 0 Å². The molecule has 0 radical (unpaired) electrons. The van der Waals surface area contributed by atoms with Gasteiger partial charge in [0, 0.05) is 6.92 Å². The van der Waals surface area contributed by atoms with E-state index < -0.39 is 51.0 Å². The standard InChI is InChI=1S/C15H19N6O8P/c1-7(17-2)3-9(22)29-30(25,26)27-4-8-11(23)12(24)15(28-8)21-6-20-10-13(16)18-5-19-14(10)21/h5-8,11-12,15,23-24H,3-4H2,1H3,(H,25,26)(H2,16,18,19)/t7-,8-,11-,12-,15-/m1/s1. The number of carbonyl (C=O) groups excluding carboxylic acids is 1. The maximum atomic E-state index is 11.9. The summed E-state index contributed by atoms with van der Waals surface area (Å²) < 4.78 is 27.9. The zero-order chi connectivity index (χ0) is 22.1. The predicted molar refractivity (Wildman–Crippen MR) is 98.2 cm³/mol. The van der Waals surface area contributed by atoms with Gasteiger partial charge in [0.25, 0.3) is 0 Å². The van der Waals surface area contributed by atoms with Crippen LogP contribution in [0.25, 0.3) is 16.0 Å². The molecule has 0 spiro atoms. The molecular formula is C15H19N6O8P. The summed E-state index contributed by atoms with van der Waals surface area (Å²) in [6.45, 7) is 7.55. The maximum Gasteiger partial charge on any atom is 0.529 e. The fourth-order valence-corrected chi connectivity index (χ4v) is 3.52. The van der Waals surface area contributed by atoms with E-state index in [1.54, 1.807) is 0 Å². The van der Waals surface area contributed by atoms with Gasteiger partial charge < -0.3 is 30.1 Å². The molecule has 3 rings (SSSR count). The van der Waals surface area contributed by atoms with Gasteiger partial charge in [-0.2, -0.15) is 0 Å². The second-order valence-electron chi connectivity index (χ2n) is 6.54. The minimum absolute atomic E-state index is 0.113. The Balaban J connectivity index is 1.65. The van der Waals surface area contributed by atoms with Crippen LogP contribution in [-0.4, -0.2) is 71.6 Å². The second kappa shape index (κ2) is 8.60. The highest BCUT2D eigenvalue weighted by Crippen LogP contribution is 2.45. The van der Waals surface area contributed by atoms with Crippen LogP contribution in [0.5, 0.6) is 0 Å². The molecule has 0 aromatic carbocycles. The number of anilines is 1. The lowest BCUT2D eigenvalue weighted by Crippen LogP contribution is -2.33. The molecule has 0 bridgehead atoms. The number of imidazole rings is 1.